The molecule has 0 amide bonds. The number of aliphatic imine (C=N–C) groups is 1. The minimum atomic E-state index is 0. The zero-order valence-electron chi connectivity index (χ0n) is 12.8. The molecule has 4 nitrogen and oxygen atoms in total. The maximum Gasteiger partial charge on any atom is 0.194 e. The average Bonchev–Trinajstić information content (AvgIpc) is 2.88. The van der Waals surface area contributed by atoms with Crippen LogP contribution in [0.1, 0.15) is 15.4 Å². The van der Waals surface area contributed by atoms with E-state index in [0.29, 0.717) is 13.1 Å². The Balaban J connectivity index is 0.00000242. The number of nitrogens with one attached hydrogen (secondary N) is 1. The zero-order chi connectivity index (χ0) is 15.2. The summed E-state index contributed by atoms with van der Waals surface area (Å²) in [4.78, 5) is 11.9. The van der Waals surface area contributed by atoms with Crippen molar-refractivity contribution in [2.75, 3.05) is 14.1 Å². The van der Waals surface area contributed by atoms with E-state index in [-0.39, 0.29) is 24.0 Å². The molecular formula is C15H20ClIN4S. The first-order valence-electron chi connectivity index (χ1n) is 6.66. The van der Waals surface area contributed by atoms with Gasteiger partial charge < -0.3 is 10.2 Å². The van der Waals surface area contributed by atoms with E-state index >= 15 is 0 Å². The van der Waals surface area contributed by atoms with Crippen molar-refractivity contribution in [3.8, 4) is 0 Å². The SMILES string of the molecule is CN=C(NCc1ncc(C)s1)N(C)Cc1ccccc1Cl.I. The number of hydrogen-bond acceptors (Lipinski definition) is 3. The molecule has 120 valence electrons. The molecular weight excluding hydrogens is 431 g/mol. The molecule has 7 heteroatoms. The van der Waals surface area contributed by atoms with Crippen LogP contribution in [-0.2, 0) is 13.1 Å². The first kappa shape index (κ1) is 19.2. The van der Waals surface area contributed by atoms with Crippen LogP contribution in [0.25, 0.3) is 0 Å². The van der Waals surface area contributed by atoms with Crippen LogP contribution in [0.15, 0.2) is 35.5 Å². The minimum Gasteiger partial charge on any atom is -0.350 e. The van der Waals surface area contributed by atoms with Crippen molar-refractivity contribution in [2.24, 2.45) is 4.99 Å². The Labute approximate surface area is 157 Å². The third-order valence-corrected chi connectivity index (χ3v) is 4.29. The maximum atomic E-state index is 6.20. The van der Waals surface area contributed by atoms with E-state index in [9.17, 15) is 0 Å². The Morgan fingerprint density at radius 2 is 2.14 bits per heavy atom. The van der Waals surface area contributed by atoms with Crippen molar-refractivity contribution >= 4 is 52.9 Å². The van der Waals surface area contributed by atoms with Gasteiger partial charge >= 0.3 is 0 Å². The van der Waals surface area contributed by atoms with Gasteiger partial charge in [-0.15, -0.1) is 35.3 Å². The Bertz CT molecular complexity index is 630. The van der Waals surface area contributed by atoms with E-state index in [0.717, 1.165) is 21.6 Å². The standard InChI is InChI=1S/C15H19ClN4S.HI/c1-11-8-18-14(21-11)9-19-15(17-2)20(3)10-12-6-4-5-7-13(12)16;/h4-8H,9-10H2,1-3H3,(H,17,19);1H. The van der Waals surface area contributed by atoms with Crippen molar-refractivity contribution in [3.05, 3.63) is 50.9 Å². The molecule has 1 heterocycles. The van der Waals surface area contributed by atoms with Crippen LogP contribution in [0.2, 0.25) is 5.02 Å². The molecule has 22 heavy (non-hydrogen) atoms. The van der Waals surface area contributed by atoms with Crippen LogP contribution in [0, 0.1) is 6.92 Å². The summed E-state index contributed by atoms with van der Waals surface area (Å²) in [5, 5.41) is 5.15. The second-order valence-corrected chi connectivity index (χ2v) is 6.44. The number of guanidine groups is 1. The van der Waals surface area contributed by atoms with Crippen LogP contribution in [0.4, 0.5) is 0 Å². The van der Waals surface area contributed by atoms with E-state index in [1.54, 1.807) is 18.4 Å². The number of nitrogens with zero attached hydrogens (tertiary/aromatic N) is 3. The summed E-state index contributed by atoms with van der Waals surface area (Å²) in [5.74, 6) is 0.822. The van der Waals surface area contributed by atoms with E-state index in [1.807, 2.05) is 42.4 Å². The number of halogens is 2. The number of aromatic nitrogens is 1. The van der Waals surface area contributed by atoms with Crippen LogP contribution >= 0.6 is 46.9 Å². The predicted octanol–water partition coefficient (Wildman–Crippen LogP) is 3.93. The number of aryl methyl sites for hydroxylation is 1. The fourth-order valence-corrected chi connectivity index (χ4v) is 2.90. The van der Waals surface area contributed by atoms with Crippen LogP contribution in [0.5, 0.6) is 0 Å². The van der Waals surface area contributed by atoms with Gasteiger partial charge in [-0.2, -0.15) is 0 Å². The van der Waals surface area contributed by atoms with E-state index < -0.39 is 0 Å². The van der Waals surface area contributed by atoms with Gasteiger partial charge in [0, 0.05) is 36.7 Å². The normalized spacial score (nSPS) is 11.0. The molecule has 0 spiro atoms. The van der Waals surface area contributed by atoms with Crippen molar-refractivity contribution in [2.45, 2.75) is 20.0 Å². The first-order chi connectivity index (χ1) is 10.1. The number of thiazole rings is 1. The monoisotopic (exact) mass is 450 g/mol. The molecule has 0 aliphatic rings. The molecule has 2 aromatic rings. The Hall–Kier alpha value is -0.860. The van der Waals surface area contributed by atoms with Crippen molar-refractivity contribution in [1.29, 1.82) is 0 Å². The Morgan fingerprint density at radius 1 is 1.41 bits per heavy atom. The van der Waals surface area contributed by atoms with Crippen molar-refractivity contribution < 1.29 is 0 Å². The molecule has 0 atom stereocenters. The number of benzene rings is 1. The lowest BCUT2D eigenvalue weighted by atomic mass is 10.2. The molecule has 0 radical (unpaired) electrons. The minimum absolute atomic E-state index is 0. The van der Waals surface area contributed by atoms with Gasteiger partial charge in [0.15, 0.2) is 5.96 Å². The van der Waals surface area contributed by atoms with Gasteiger partial charge in [-0.25, -0.2) is 4.98 Å². The molecule has 1 aromatic heterocycles. The van der Waals surface area contributed by atoms with Crippen molar-refractivity contribution in [1.82, 2.24) is 15.2 Å². The molecule has 0 aliphatic heterocycles. The van der Waals surface area contributed by atoms with Gasteiger partial charge in [-0.1, -0.05) is 29.8 Å². The van der Waals surface area contributed by atoms with Gasteiger partial charge in [0.05, 0.1) is 6.54 Å². The number of hydrogen-bond donors (Lipinski definition) is 1. The van der Waals surface area contributed by atoms with Crippen LogP contribution < -0.4 is 5.32 Å². The zero-order valence-corrected chi connectivity index (χ0v) is 16.7. The summed E-state index contributed by atoms with van der Waals surface area (Å²) in [7, 11) is 3.77. The summed E-state index contributed by atoms with van der Waals surface area (Å²) in [5.41, 5.74) is 1.08. The quantitative estimate of drug-likeness (QED) is 0.436. The topological polar surface area (TPSA) is 40.5 Å². The fraction of sp³-hybridized carbons (Fsp3) is 0.333. The highest BCUT2D eigenvalue weighted by Crippen LogP contribution is 2.16. The lowest BCUT2D eigenvalue weighted by Crippen LogP contribution is -2.38. The third kappa shape index (κ3) is 5.40. The highest BCUT2D eigenvalue weighted by Gasteiger charge is 2.09. The first-order valence-corrected chi connectivity index (χ1v) is 7.86. The number of rotatable bonds is 4. The largest absolute Gasteiger partial charge is 0.350 e. The molecule has 0 saturated heterocycles. The maximum absolute atomic E-state index is 6.20. The second kappa shape index (κ2) is 9.32. The predicted molar refractivity (Wildman–Crippen MR) is 105 cm³/mol. The molecule has 1 aromatic carbocycles. The molecule has 0 saturated carbocycles. The second-order valence-electron chi connectivity index (χ2n) is 4.71. The average molecular weight is 451 g/mol. The molecule has 0 fully saturated rings. The summed E-state index contributed by atoms with van der Waals surface area (Å²) in [6.07, 6.45) is 1.89. The van der Waals surface area contributed by atoms with Crippen molar-refractivity contribution in [3.63, 3.8) is 0 Å². The van der Waals surface area contributed by atoms with E-state index in [2.05, 4.69) is 22.2 Å². The van der Waals surface area contributed by atoms with Crippen LogP contribution in [-0.4, -0.2) is 29.9 Å². The van der Waals surface area contributed by atoms with Gasteiger partial charge in [-0.05, 0) is 18.6 Å². The highest BCUT2D eigenvalue weighted by molar-refractivity contribution is 14.0. The Kier molecular flexibility index (Phi) is 8.13. The lowest BCUT2D eigenvalue weighted by Gasteiger charge is -2.22. The summed E-state index contributed by atoms with van der Waals surface area (Å²) >= 11 is 7.89. The summed E-state index contributed by atoms with van der Waals surface area (Å²) in [6.45, 7) is 3.44. The third-order valence-electron chi connectivity index (χ3n) is 3.01. The van der Waals surface area contributed by atoms with Gasteiger partial charge in [-0.3, -0.25) is 4.99 Å². The van der Waals surface area contributed by atoms with Crippen LogP contribution in [0.3, 0.4) is 0 Å². The van der Waals surface area contributed by atoms with E-state index in [4.69, 9.17) is 11.6 Å². The molecule has 0 unspecified atom stereocenters. The summed E-state index contributed by atoms with van der Waals surface area (Å²) in [6, 6.07) is 7.85. The molecule has 1 N–H and O–H groups in total. The van der Waals surface area contributed by atoms with Gasteiger partial charge in [0.1, 0.15) is 5.01 Å². The Morgan fingerprint density at radius 3 is 2.73 bits per heavy atom. The van der Waals surface area contributed by atoms with Gasteiger partial charge in [0.2, 0.25) is 0 Å². The molecule has 0 bridgehead atoms. The highest BCUT2D eigenvalue weighted by atomic mass is 127. The smallest absolute Gasteiger partial charge is 0.194 e. The molecule has 2 rings (SSSR count). The van der Waals surface area contributed by atoms with E-state index in [1.165, 1.54) is 4.88 Å². The lowest BCUT2D eigenvalue weighted by molar-refractivity contribution is 0.476. The summed E-state index contributed by atoms with van der Waals surface area (Å²) < 4.78 is 0. The molecule has 0 aliphatic carbocycles. The fourth-order valence-electron chi connectivity index (χ4n) is 1.98. The van der Waals surface area contributed by atoms with Gasteiger partial charge in [0.25, 0.3) is 0 Å².